The van der Waals surface area contributed by atoms with Gasteiger partial charge in [0, 0.05) is 13.1 Å². The maximum Gasteiger partial charge on any atom is 0.289 e. The van der Waals surface area contributed by atoms with Crippen molar-refractivity contribution in [2.24, 2.45) is 7.05 Å². The maximum atomic E-state index is 11.3. The normalized spacial score (nSPS) is 11.1. The van der Waals surface area contributed by atoms with Crippen molar-refractivity contribution < 1.29 is 0 Å². The van der Waals surface area contributed by atoms with Crippen LogP contribution in [-0.2, 0) is 7.05 Å². The standard InChI is InChI=1S/C8H15N3O/c1-5(2)11-6(3)7(9)8(12)10(11)4/h5H,9H2,1-4H3. The Hall–Kier alpha value is -1.19. The van der Waals surface area contributed by atoms with Gasteiger partial charge in [-0.2, -0.15) is 0 Å². The zero-order valence-electron chi connectivity index (χ0n) is 7.96. The molecule has 0 aliphatic rings. The lowest BCUT2D eigenvalue weighted by molar-refractivity contribution is 0.433. The Morgan fingerprint density at radius 1 is 1.42 bits per heavy atom. The average Bonchev–Trinajstić information content (AvgIpc) is 2.16. The second kappa shape index (κ2) is 2.69. The summed E-state index contributed by atoms with van der Waals surface area (Å²) < 4.78 is 3.44. The topological polar surface area (TPSA) is 53.0 Å². The first-order valence-corrected chi connectivity index (χ1v) is 4.00. The molecule has 0 aliphatic heterocycles. The van der Waals surface area contributed by atoms with Gasteiger partial charge in [0.25, 0.3) is 5.56 Å². The van der Waals surface area contributed by atoms with Gasteiger partial charge >= 0.3 is 0 Å². The first-order chi connectivity index (χ1) is 5.46. The van der Waals surface area contributed by atoms with E-state index in [4.69, 9.17) is 5.73 Å². The third-order valence-electron chi connectivity index (χ3n) is 2.07. The van der Waals surface area contributed by atoms with E-state index in [-0.39, 0.29) is 11.6 Å². The fourth-order valence-electron chi connectivity index (χ4n) is 1.51. The minimum absolute atomic E-state index is 0.110. The average molecular weight is 169 g/mol. The van der Waals surface area contributed by atoms with E-state index in [9.17, 15) is 4.79 Å². The van der Waals surface area contributed by atoms with Gasteiger partial charge < -0.3 is 5.73 Å². The highest BCUT2D eigenvalue weighted by molar-refractivity contribution is 5.40. The van der Waals surface area contributed by atoms with E-state index in [1.54, 1.807) is 11.7 Å². The minimum atomic E-state index is -0.110. The highest BCUT2D eigenvalue weighted by atomic mass is 16.1. The van der Waals surface area contributed by atoms with E-state index in [0.29, 0.717) is 5.69 Å². The quantitative estimate of drug-likeness (QED) is 0.671. The Bertz CT molecular complexity index is 346. The maximum absolute atomic E-state index is 11.3. The Morgan fingerprint density at radius 3 is 2.08 bits per heavy atom. The van der Waals surface area contributed by atoms with Crippen LogP contribution < -0.4 is 11.3 Å². The summed E-state index contributed by atoms with van der Waals surface area (Å²) >= 11 is 0. The Morgan fingerprint density at radius 2 is 1.92 bits per heavy atom. The number of rotatable bonds is 1. The second-order valence-corrected chi connectivity index (χ2v) is 3.27. The lowest BCUT2D eigenvalue weighted by Gasteiger charge is -2.13. The summed E-state index contributed by atoms with van der Waals surface area (Å²) in [6.45, 7) is 5.90. The molecular formula is C8H15N3O. The van der Waals surface area contributed by atoms with E-state index in [2.05, 4.69) is 0 Å². The van der Waals surface area contributed by atoms with Gasteiger partial charge in [0.05, 0.1) is 5.69 Å². The van der Waals surface area contributed by atoms with Crippen LogP contribution >= 0.6 is 0 Å². The van der Waals surface area contributed by atoms with Crippen LogP contribution in [0.4, 0.5) is 5.69 Å². The van der Waals surface area contributed by atoms with E-state index >= 15 is 0 Å². The third kappa shape index (κ3) is 1.03. The van der Waals surface area contributed by atoms with Crippen LogP contribution in [0.3, 0.4) is 0 Å². The molecule has 0 amide bonds. The summed E-state index contributed by atoms with van der Waals surface area (Å²) in [6.07, 6.45) is 0. The van der Waals surface area contributed by atoms with Crippen molar-refractivity contribution in [1.82, 2.24) is 9.36 Å². The third-order valence-corrected chi connectivity index (χ3v) is 2.07. The molecule has 1 heterocycles. The summed E-state index contributed by atoms with van der Waals surface area (Å²) in [7, 11) is 1.73. The van der Waals surface area contributed by atoms with Crippen LogP contribution in [0, 0.1) is 6.92 Å². The molecule has 1 aromatic rings. The zero-order chi connectivity index (χ0) is 9.46. The molecule has 0 saturated carbocycles. The first-order valence-electron chi connectivity index (χ1n) is 4.00. The molecule has 1 rings (SSSR count). The molecule has 0 aliphatic carbocycles. The molecule has 0 aromatic carbocycles. The Labute approximate surface area is 71.6 Å². The lowest BCUT2D eigenvalue weighted by Crippen LogP contribution is -2.21. The van der Waals surface area contributed by atoms with Gasteiger partial charge in [-0.25, -0.2) is 0 Å². The fourth-order valence-corrected chi connectivity index (χ4v) is 1.51. The number of hydrogen-bond acceptors (Lipinski definition) is 2. The van der Waals surface area contributed by atoms with Crippen molar-refractivity contribution >= 4 is 5.69 Å². The first kappa shape index (κ1) is 8.90. The number of nitrogens with two attached hydrogens (primary N) is 1. The summed E-state index contributed by atoms with van der Waals surface area (Å²) in [5.74, 6) is 0. The summed E-state index contributed by atoms with van der Waals surface area (Å²) in [6, 6.07) is 0.264. The molecule has 0 fully saturated rings. The van der Waals surface area contributed by atoms with Crippen LogP contribution in [0.15, 0.2) is 4.79 Å². The molecular weight excluding hydrogens is 154 g/mol. The van der Waals surface area contributed by atoms with Gasteiger partial charge in [0.15, 0.2) is 0 Å². The predicted molar refractivity (Wildman–Crippen MR) is 49.2 cm³/mol. The van der Waals surface area contributed by atoms with Crippen molar-refractivity contribution in [3.8, 4) is 0 Å². The molecule has 0 atom stereocenters. The van der Waals surface area contributed by atoms with Crippen molar-refractivity contribution in [3.05, 3.63) is 16.0 Å². The molecule has 1 aromatic heterocycles. The highest BCUT2D eigenvalue weighted by Crippen LogP contribution is 2.11. The van der Waals surface area contributed by atoms with Crippen molar-refractivity contribution in [3.63, 3.8) is 0 Å². The monoisotopic (exact) mass is 169 g/mol. The zero-order valence-corrected chi connectivity index (χ0v) is 7.96. The van der Waals surface area contributed by atoms with E-state index in [1.165, 1.54) is 0 Å². The van der Waals surface area contributed by atoms with Gasteiger partial charge in [0.1, 0.15) is 5.69 Å². The predicted octanol–water partition coefficient (Wildman–Crippen LogP) is 0.658. The Kier molecular flexibility index (Phi) is 2.00. The minimum Gasteiger partial charge on any atom is -0.393 e. The largest absolute Gasteiger partial charge is 0.393 e. The van der Waals surface area contributed by atoms with Gasteiger partial charge in [-0.3, -0.25) is 14.2 Å². The van der Waals surface area contributed by atoms with E-state index in [0.717, 1.165) is 5.69 Å². The number of anilines is 1. The molecule has 12 heavy (non-hydrogen) atoms. The van der Waals surface area contributed by atoms with Gasteiger partial charge in [0.2, 0.25) is 0 Å². The molecule has 2 N–H and O–H groups in total. The summed E-state index contributed by atoms with van der Waals surface area (Å²) in [4.78, 5) is 11.3. The van der Waals surface area contributed by atoms with Crippen LogP contribution in [0.25, 0.3) is 0 Å². The number of nitrogens with zero attached hydrogens (tertiary/aromatic N) is 2. The van der Waals surface area contributed by atoms with Gasteiger partial charge in [-0.15, -0.1) is 0 Å². The number of hydrogen-bond donors (Lipinski definition) is 1. The van der Waals surface area contributed by atoms with Crippen molar-refractivity contribution in [1.29, 1.82) is 0 Å². The van der Waals surface area contributed by atoms with Crippen LogP contribution in [0.1, 0.15) is 25.6 Å². The molecule has 0 saturated heterocycles. The highest BCUT2D eigenvalue weighted by Gasteiger charge is 2.12. The smallest absolute Gasteiger partial charge is 0.289 e. The summed E-state index contributed by atoms with van der Waals surface area (Å²) in [5, 5.41) is 0. The van der Waals surface area contributed by atoms with Crippen LogP contribution in [0.5, 0.6) is 0 Å². The molecule has 4 nitrogen and oxygen atoms in total. The molecule has 0 unspecified atom stereocenters. The molecule has 0 bridgehead atoms. The lowest BCUT2D eigenvalue weighted by atomic mass is 10.3. The van der Waals surface area contributed by atoms with Gasteiger partial charge in [-0.1, -0.05) is 0 Å². The fraction of sp³-hybridized carbons (Fsp3) is 0.625. The van der Waals surface area contributed by atoms with E-state index < -0.39 is 0 Å². The van der Waals surface area contributed by atoms with Crippen LogP contribution in [-0.4, -0.2) is 9.36 Å². The Balaban J connectivity index is 3.49. The van der Waals surface area contributed by atoms with E-state index in [1.807, 2.05) is 25.5 Å². The molecule has 68 valence electrons. The molecule has 4 heteroatoms. The van der Waals surface area contributed by atoms with Crippen molar-refractivity contribution in [2.75, 3.05) is 5.73 Å². The van der Waals surface area contributed by atoms with Crippen molar-refractivity contribution in [2.45, 2.75) is 26.8 Å². The van der Waals surface area contributed by atoms with Crippen LogP contribution in [0.2, 0.25) is 0 Å². The second-order valence-electron chi connectivity index (χ2n) is 3.27. The number of aromatic nitrogens is 2. The summed E-state index contributed by atoms with van der Waals surface area (Å²) in [5.41, 5.74) is 6.68. The number of nitrogen functional groups attached to an aromatic ring is 1. The SMILES string of the molecule is Cc1c(N)c(=O)n(C)n1C(C)C. The molecule has 0 spiro atoms. The molecule has 0 radical (unpaired) electrons. The van der Waals surface area contributed by atoms with Gasteiger partial charge in [-0.05, 0) is 20.8 Å².